The fourth-order valence-corrected chi connectivity index (χ4v) is 7.39. The average molecular weight is 292 g/mol. The third kappa shape index (κ3) is 1.84. The van der Waals surface area contributed by atoms with E-state index in [1.54, 1.807) is 0 Å². The highest BCUT2D eigenvalue weighted by Crippen LogP contribution is 2.66. The van der Waals surface area contributed by atoms with Gasteiger partial charge in [0.05, 0.1) is 12.2 Å². The van der Waals surface area contributed by atoms with Crippen LogP contribution in [0.1, 0.15) is 71.6 Å². The summed E-state index contributed by atoms with van der Waals surface area (Å²) in [4.78, 5) is 0. The second-order valence-corrected chi connectivity index (χ2v) is 9.19. The highest BCUT2D eigenvalue weighted by atomic mass is 16.3. The zero-order valence-corrected chi connectivity index (χ0v) is 13.7. The highest BCUT2D eigenvalue weighted by molar-refractivity contribution is 5.11. The Balaban J connectivity index is 1.70. The second kappa shape index (κ2) is 4.71. The van der Waals surface area contributed by atoms with Crippen LogP contribution >= 0.6 is 0 Å². The fourth-order valence-electron chi connectivity index (χ4n) is 7.39. The largest absolute Gasteiger partial charge is 0.393 e. The smallest absolute Gasteiger partial charge is 0.0597 e. The van der Waals surface area contributed by atoms with Gasteiger partial charge in [0.15, 0.2) is 0 Å². The molecule has 120 valence electrons. The Kier molecular flexibility index (Phi) is 3.25. The van der Waals surface area contributed by atoms with E-state index in [1.165, 1.54) is 44.9 Å². The maximum Gasteiger partial charge on any atom is 0.0597 e. The maximum absolute atomic E-state index is 11.0. The van der Waals surface area contributed by atoms with Crippen LogP contribution in [0.3, 0.4) is 0 Å². The number of aliphatic hydroxyl groups excluding tert-OH is 2. The minimum atomic E-state index is -0.185. The predicted octanol–water partition coefficient (Wildman–Crippen LogP) is 3.75. The Morgan fingerprint density at radius 2 is 1.67 bits per heavy atom. The summed E-state index contributed by atoms with van der Waals surface area (Å²) < 4.78 is 0. The predicted molar refractivity (Wildman–Crippen MR) is 83.7 cm³/mol. The third-order valence-electron chi connectivity index (χ3n) is 8.46. The lowest BCUT2D eigenvalue weighted by Gasteiger charge is -2.61. The second-order valence-electron chi connectivity index (χ2n) is 9.19. The van der Waals surface area contributed by atoms with E-state index in [0.29, 0.717) is 23.2 Å². The van der Waals surface area contributed by atoms with E-state index in [0.717, 1.165) is 18.8 Å². The lowest BCUT2D eigenvalue weighted by Crippen LogP contribution is -2.58. The van der Waals surface area contributed by atoms with Gasteiger partial charge in [0.1, 0.15) is 0 Å². The molecule has 4 aliphatic carbocycles. The van der Waals surface area contributed by atoms with Gasteiger partial charge in [-0.3, -0.25) is 0 Å². The number of hydrogen-bond acceptors (Lipinski definition) is 2. The summed E-state index contributed by atoms with van der Waals surface area (Å²) in [6.07, 6.45) is 10.7. The van der Waals surface area contributed by atoms with E-state index >= 15 is 0 Å². The van der Waals surface area contributed by atoms with Crippen molar-refractivity contribution in [3.63, 3.8) is 0 Å². The van der Waals surface area contributed by atoms with Gasteiger partial charge < -0.3 is 10.2 Å². The molecule has 0 radical (unpaired) electrons. The summed E-state index contributed by atoms with van der Waals surface area (Å²) in [5.74, 6) is 2.66. The monoisotopic (exact) mass is 292 g/mol. The molecule has 8 atom stereocenters. The van der Waals surface area contributed by atoms with E-state index in [9.17, 15) is 10.2 Å². The van der Waals surface area contributed by atoms with Crippen LogP contribution in [0.15, 0.2) is 0 Å². The molecule has 0 aromatic carbocycles. The number of aliphatic hydroxyl groups is 2. The van der Waals surface area contributed by atoms with Crippen molar-refractivity contribution in [3.8, 4) is 0 Å². The normalized spacial score (nSPS) is 60.0. The molecule has 0 saturated heterocycles. The van der Waals surface area contributed by atoms with Crippen LogP contribution in [0.2, 0.25) is 0 Å². The SMILES string of the molecule is CC12CCCC[C@@H]1CCC1C2C(O)CC2(C)C1CC[C@@H]2O. The zero-order chi connectivity index (χ0) is 14.8. The van der Waals surface area contributed by atoms with Crippen LogP contribution in [-0.4, -0.2) is 22.4 Å². The summed E-state index contributed by atoms with van der Waals surface area (Å²) in [7, 11) is 0. The molecule has 0 aromatic heterocycles. The average Bonchev–Trinajstić information content (AvgIpc) is 2.73. The Morgan fingerprint density at radius 1 is 0.857 bits per heavy atom. The van der Waals surface area contributed by atoms with Crippen molar-refractivity contribution in [2.24, 2.45) is 34.5 Å². The van der Waals surface area contributed by atoms with E-state index in [4.69, 9.17) is 0 Å². The quantitative estimate of drug-likeness (QED) is 0.714. The van der Waals surface area contributed by atoms with Gasteiger partial charge >= 0.3 is 0 Å². The van der Waals surface area contributed by atoms with Crippen molar-refractivity contribution in [1.29, 1.82) is 0 Å². The molecule has 0 aliphatic heterocycles. The van der Waals surface area contributed by atoms with Crippen molar-refractivity contribution in [2.45, 2.75) is 83.8 Å². The zero-order valence-electron chi connectivity index (χ0n) is 13.7. The molecule has 4 aliphatic rings. The molecule has 4 fully saturated rings. The fraction of sp³-hybridized carbons (Fsp3) is 1.00. The molecule has 21 heavy (non-hydrogen) atoms. The molecule has 2 nitrogen and oxygen atoms in total. The molecule has 0 aromatic rings. The van der Waals surface area contributed by atoms with Crippen LogP contribution in [0.5, 0.6) is 0 Å². The highest BCUT2D eigenvalue weighted by Gasteiger charge is 2.62. The van der Waals surface area contributed by atoms with Gasteiger partial charge in [-0.05, 0) is 79.4 Å². The standard InChI is InChI=1S/C19H32O2/c1-18-10-4-3-5-12(18)6-7-13-14-8-9-16(21)19(14,2)11-15(20)17(13)18/h12-17,20-21H,3-11H2,1-2H3/t12-,13?,14?,15?,16+,17?,18?,19?/m1/s1. The molecule has 0 heterocycles. The van der Waals surface area contributed by atoms with Crippen molar-refractivity contribution in [1.82, 2.24) is 0 Å². The lowest BCUT2D eigenvalue weighted by molar-refractivity contribution is -0.175. The minimum Gasteiger partial charge on any atom is -0.393 e. The first kappa shape index (κ1) is 14.5. The Hall–Kier alpha value is -0.0800. The Bertz CT molecular complexity index is 422. The number of fused-ring (bicyclic) bond motifs is 5. The van der Waals surface area contributed by atoms with Crippen LogP contribution in [-0.2, 0) is 0 Å². The van der Waals surface area contributed by atoms with Gasteiger partial charge in [0.25, 0.3) is 0 Å². The van der Waals surface area contributed by atoms with Gasteiger partial charge in [-0.15, -0.1) is 0 Å². The summed E-state index contributed by atoms with van der Waals surface area (Å²) in [5, 5.41) is 21.5. The number of rotatable bonds is 0. The first-order chi connectivity index (χ1) is 9.97. The van der Waals surface area contributed by atoms with Crippen molar-refractivity contribution >= 4 is 0 Å². The van der Waals surface area contributed by atoms with E-state index in [-0.39, 0.29) is 17.6 Å². The van der Waals surface area contributed by atoms with Crippen LogP contribution < -0.4 is 0 Å². The summed E-state index contributed by atoms with van der Waals surface area (Å²) in [6, 6.07) is 0. The molecule has 2 heteroatoms. The van der Waals surface area contributed by atoms with Gasteiger partial charge in [0.2, 0.25) is 0 Å². The van der Waals surface area contributed by atoms with E-state index in [2.05, 4.69) is 13.8 Å². The molecule has 0 bridgehead atoms. The van der Waals surface area contributed by atoms with Crippen molar-refractivity contribution in [3.05, 3.63) is 0 Å². The Labute approximate surface area is 129 Å². The molecule has 6 unspecified atom stereocenters. The first-order valence-corrected chi connectivity index (χ1v) is 9.33. The topological polar surface area (TPSA) is 40.5 Å². The molecule has 0 amide bonds. The van der Waals surface area contributed by atoms with E-state index in [1.807, 2.05) is 0 Å². The lowest BCUT2D eigenvalue weighted by atomic mass is 9.44. The van der Waals surface area contributed by atoms with E-state index < -0.39 is 0 Å². The minimum absolute atomic E-state index is 0.0154. The Morgan fingerprint density at radius 3 is 2.48 bits per heavy atom. The molecular weight excluding hydrogens is 260 g/mol. The summed E-state index contributed by atoms with van der Waals surface area (Å²) >= 11 is 0. The van der Waals surface area contributed by atoms with Crippen LogP contribution in [0.4, 0.5) is 0 Å². The van der Waals surface area contributed by atoms with Gasteiger partial charge in [-0.2, -0.15) is 0 Å². The summed E-state index contributed by atoms with van der Waals surface area (Å²) in [5.41, 5.74) is 0.355. The summed E-state index contributed by atoms with van der Waals surface area (Å²) in [6.45, 7) is 4.75. The van der Waals surface area contributed by atoms with Crippen molar-refractivity contribution in [2.75, 3.05) is 0 Å². The molecule has 4 rings (SSSR count). The third-order valence-corrected chi connectivity index (χ3v) is 8.46. The molecule has 4 saturated carbocycles. The molecule has 2 N–H and O–H groups in total. The number of hydrogen-bond donors (Lipinski definition) is 2. The van der Waals surface area contributed by atoms with Crippen LogP contribution in [0.25, 0.3) is 0 Å². The van der Waals surface area contributed by atoms with Gasteiger partial charge in [0, 0.05) is 0 Å². The van der Waals surface area contributed by atoms with Gasteiger partial charge in [-0.1, -0.05) is 26.7 Å². The maximum atomic E-state index is 11.0. The molecule has 0 spiro atoms. The first-order valence-electron chi connectivity index (χ1n) is 9.33. The van der Waals surface area contributed by atoms with Crippen molar-refractivity contribution < 1.29 is 10.2 Å². The van der Waals surface area contributed by atoms with Gasteiger partial charge in [-0.25, -0.2) is 0 Å². The van der Waals surface area contributed by atoms with Crippen LogP contribution in [0, 0.1) is 34.5 Å². The molecular formula is C19H32O2.